The summed E-state index contributed by atoms with van der Waals surface area (Å²) in [6.45, 7) is 4.13. The summed E-state index contributed by atoms with van der Waals surface area (Å²) in [5.41, 5.74) is 7.39. The van der Waals surface area contributed by atoms with Gasteiger partial charge in [0.15, 0.2) is 0 Å². The minimum atomic E-state index is -1.00. The van der Waals surface area contributed by atoms with Crippen molar-refractivity contribution < 1.29 is 19.5 Å². The Morgan fingerprint density at radius 1 is 1.21 bits per heavy atom. The first-order valence-corrected chi connectivity index (χ1v) is 9.82. The third-order valence-electron chi connectivity index (χ3n) is 5.62. The Hall–Kier alpha value is -2.61. The van der Waals surface area contributed by atoms with Gasteiger partial charge in [-0.3, -0.25) is 14.6 Å². The predicted molar refractivity (Wildman–Crippen MR) is 104 cm³/mol. The van der Waals surface area contributed by atoms with Crippen LogP contribution in [-0.2, 0) is 9.59 Å². The van der Waals surface area contributed by atoms with Crippen LogP contribution in [0.5, 0.6) is 0 Å². The number of hydrogen-bond acceptors (Lipinski definition) is 5. The van der Waals surface area contributed by atoms with Crippen LogP contribution in [0.15, 0.2) is 24.3 Å². The summed E-state index contributed by atoms with van der Waals surface area (Å²) in [5, 5.41) is 13.5. The molecule has 1 aromatic rings. The largest absolute Gasteiger partial charge is 0.480 e. The van der Waals surface area contributed by atoms with Crippen molar-refractivity contribution in [2.75, 3.05) is 12.0 Å². The number of carboxylic acids is 1. The number of carbonyl (C=O) groups excluding carboxylic acids is 2. The molecule has 0 radical (unpaired) electrons. The van der Waals surface area contributed by atoms with Gasteiger partial charge in [-0.05, 0) is 49.7 Å². The minimum absolute atomic E-state index is 0.0598. The van der Waals surface area contributed by atoms with Crippen LogP contribution in [0, 0.1) is 17.8 Å². The van der Waals surface area contributed by atoms with E-state index >= 15 is 0 Å². The van der Waals surface area contributed by atoms with Gasteiger partial charge in [-0.1, -0.05) is 26.0 Å². The molecule has 28 heavy (non-hydrogen) atoms. The molecule has 1 fully saturated rings. The summed E-state index contributed by atoms with van der Waals surface area (Å²) >= 11 is 0. The highest BCUT2D eigenvalue weighted by molar-refractivity contribution is 6.00. The van der Waals surface area contributed by atoms with Crippen LogP contribution in [0.3, 0.4) is 0 Å². The van der Waals surface area contributed by atoms with Gasteiger partial charge in [-0.25, -0.2) is 4.79 Å². The van der Waals surface area contributed by atoms with Crippen LogP contribution in [0.4, 0.5) is 5.69 Å². The smallest absolute Gasteiger partial charge is 0.326 e. The lowest BCUT2D eigenvalue weighted by molar-refractivity contribution is -0.144. The van der Waals surface area contributed by atoms with E-state index in [2.05, 4.69) is 16.3 Å². The molecule has 0 bridgehead atoms. The zero-order chi connectivity index (χ0) is 20.3. The molecule has 152 valence electrons. The second-order valence-electron chi connectivity index (χ2n) is 7.98. The topological polar surface area (TPSA) is 111 Å². The Balaban J connectivity index is 1.50. The van der Waals surface area contributed by atoms with Gasteiger partial charge in [0.2, 0.25) is 5.91 Å². The van der Waals surface area contributed by atoms with Crippen molar-refractivity contribution in [2.45, 2.75) is 45.6 Å². The number of hydrazine groups is 2. The fourth-order valence-electron chi connectivity index (χ4n) is 3.88. The fourth-order valence-corrected chi connectivity index (χ4v) is 3.88. The number of fused-ring (bicyclic) bond motifs is 1. The molecule has 1 aliphatic heterocycles. The number of carbonyl (C=O) groups is 3. The van der Waals surface area contributed by atoms with Crippen molar-refractivity contribution in [1.29, 1.82) is 0 Å². The first-order chi connectivity index (χ1) is 13.4. The molecule has 1 unspecified atom stereocenters. The van der Waals surface area contributed by atoms with Gasteiger partial charge in [0.1, 0.15) is 6.04 Å². The van der Waals surface area contributed by atoms with Crippen molar-refractivity contribution in [3.8, 4) is 0 Å². The lowest BCUT2D eigenvalue weighted by atomic mass is 9.81. The Kier molecular flexibility index (Phi) is 6.18. The van der Waals surface area contributed by atoms with E-state index < -0.39 is 12.0 Å². The predicted octanol–water partition coefficient (Wildman–Crippen LogP) is 2.01. The van der Waals surface area contributed by atoms with E-state index in [-0.39, 0.29) is 23.7 Å². The number of benzene rings is 1. The molecule has 3 rings (SSSR count). The highest BCUT2D eigenvalue weighted by atomic mass is 16.4. The van der Waals surface area contributed by atoms with Gasteiger partial charge in [-0.15, -0.1) is 5.53 Å². The van der Waals surface area contributed by atoms with Crippen LogP contribution in [-0.4, -0.2) is 40.5 Å². The summed E-state index contributed by atoms with van der Waals surface area (Å²) < 4.78 is 0. The highest BCUT2D eigenvalue weighted by Crippen LogP contribution is 2.30. The number of nitrogens with zero attached hydrogens (tertiary/aromatic N) is 1. The second-order valence-corrected chi connectivity index (χ2v) is 7.98. The average Bonchev–Trinajstić information content (AvgIpc) is 2.68. The lowest BCUT2D eigenvalue weighted by Gasteiger charge is -2.35. The summed E-state index contributed by atoms with van der Waals surface area (Å²) in [4.78, 5) is 36.3. The van der Waals surface area contributed by atoms with Crippen LogP contribution >= 0.6 is 0 Å². The number of aliphatic carboxylic acids is 1. The van der Waals surface area contributed by atoms with E-state index in [1.54, 1.807) is 24.9 Å². The number of hydrogen-bond donors (Lipinski definition) is 4. The molecule has 1 aliphatic carbocycles. The minimum Gasteiger partial charge on any atom is -0.480 e. The second kappa shape index (κ2) is 8.60. The molecule has 1 atom stereocenters. The van der Waals surface area contributed by atoms with Crippen LogP contribution in [0.2, 0.25) is 0 Å². The van der Waals surface area contributed by atoms with Crippen molar-refractivity contribution in [3.05, 3.63) is 29.8 Å². The molecule has 2 amide bonds. The zero-order valence-electron chi connectivity index (χ0n) is 16.3. The van der Waals surface area contributed by atoms with E-state index in [1.165, 1.54) is 0 Å². The molecule has 0 saturated heterocycles. The molecular formula is C20H28N4O4. The fraction of sp³-hybridized carbons (Fsp3) is 0.550. The van der Waals surface area contributed by atoms with Crippen molar-refractivity contribution in [1.82, 2.24) is 15.9 Å². The van der Waals surface area contributed by atoms with E-state index in [0.29, 0.717) is 30.9 Å². The van der Waals surface area contributed by atoms with E-state index in [4.69, 9.17) is 0 Å². The number of nitrogens with one attached hydrogen (secondary N) is 3. The third kappa shape index (κ3) is 4.44. The Labute approximate surface area is 164 Å². The maximum Gasteiger partial charge on any atom is 0.326 e. The first-order valence-electron chi connectivity index (χ1n) is 9.82. The van der Waals surface area contributed by atoms with Crippen molar-refractivity contribution >= 4 is 23.5 Å². The lowest BCUT2D eigenvalue weighted by Crippen LogP contribution is -2.52. The van der Waals surface area contributed by atoms with E-state index in [1.807, 2.05) is 18.2 Å². The van der Waals surface area contributed by atoms with Gasteiger partial charge < -0.3 is 15.8 Å². The van der Waals surface area contributed by atoms with Gasteiger partial charge in [0.05, 0.1) is 11.3 Å². The average molecular weight is 388 g/mol. The quantitative estimate of drug-likeness (QED) is 0.593. The summed E-state index contributed by atoms with van der Waals surface area (Å²) in [6, 6.07) is 6.51. The number of carboxylic acid groups (broad SMARTS) is 1. The first kappa shape index (κ1) is 20.1. The maximum absolute atomic E-state index is 12.6. The Morgan fingerprint density at radius 3 is 2.54 bits per heavy atom. The summed E-state index contributed by atoms with van der Waals surface area (Å²) in [7, 11) is 0. The number of anilines is 1. The Bertz CT molecular complexity index is 743. The van der Waals surface area contributed by atoms with Crippen LogP contribution < -0.4 is 16.3 Å². The van der Waals surface area contributed by atoms with E-state index in [9.17, 15) is 19.5 Å². The highest BCUT2D eigenvalue weighted by Gasteiger charge is 2.32. The molecule has 1 heterocycles. The Morgan fingerprint density at radius 2 is 1.89 bits per heavy atom. The van der Waals surface area contributed by atoms with Crippen LogP contribution in [0.1, 0.15) is 49.9 Å². The number of amides is 2. The van der Waals surface area contributed by atoms with Crippen molar-refractivity contribution in [2.24, 2.45) is 17.8 Å². The molecule has 0 aromatic heterocycles. The molecule has 8 nitrogen and oxygen atoms in total. The number of para-hydroxylation sites is 1. The summed E-state index contributed by atoms with van der Waals surface area (Å²) in [6.07, 6.45) is 3.05. The monoisotopic (exact) mass is 388 g/mol. The molecule has 0 spiro atoms. The molecule has 1 saturated carbocycles. The molecule has 4 N–H and O–H groups in total. The number of rotatable bonds is 6. The SMILES string of the molecule is CC(C)C(NC(=O)C1CCC(CN2NNc3ccccc3C2=O)CC1)C(=O)O. The van der Waals surface area contributed by atoms with Gasteiger partial charge in [0.25, 0.3) is 5.91 Å². The van der Waals surface area contributed by atoms with Gasteiger partial charge in [0, 0.05) is 12.5 Å². The summed E-state index contributed by atoms with van der Waals surface area (Å²) in [5.74, 6) is -1.27. The van der Waals surface area contributed by atoms with E-state index in [0.717, 1.165) is 18.5 Å². The molecular weight excluding hydrogens is 360 g/mol. The standard InChI is InChI=1S/C20H28N4O4/c1-12(2)17(20(27)28)21-18(25)14-9-7-13(8-10-14)11-24-19(26)15-5-3-4-6-16(15)22-23-24/h3-6,12-14,17,22-23H,7-11H2,1-2H3,(H,21,25)(H,27,28). The maximum atomic E-state index is 12.6. The normalized spacial score (nSPS) is 23.0. The van der Waals surface area contributed by atoms with Crippen LogP contribution in [0.25, 0.3) is 0 Å². The zero-order valence-corrected chi connectivity index (χ0v) is 16.3. The van der Waals surface area contributed by atoms with Gasteiger partial charge in [-0.2, -0.15) is 0 Å². The molecule has 1 aromatic carbocycles. The molecule has 2 aliphatic rings. The van der Waals surface area contributed by atoms with Crippen molar-refractivity contribution in [3.63, 3.8) is 0 Å². The molecule has 8 heteroatoms. The third-order valence-corrected chi connectivity index (χ3v) is 5.62. The van der Waals surface area contributed by atoms with Gasteiger partial charge >= 0.3 is 5.97 Å².